The molecule has 16 heavy (non-hydrogen) atoms. The lowest BCUT2D eigenvalue weighted by Gasteiger charge is -1.93. The van der Waals surface area contributed by atoms with Crippen LogP contribution in [-0.2, 0) is 0 Å². The van der Waals surface area contributed by atoms with Gasteiger partial charge in [0.25, 0.3) is 0 Å². The summed E-state index contributed by atoms with van der Waals surface area (Å²) in [5, 5.41) is 4.79. The molecule has 6 heteroatoms. The summed E-state index contributed by atoms with van der Waals surface area (Å²) in [6, 6.07) is 6.96. The third kappa shape index (κ3) is 1.38. The minimum Gasteiger partial charge on any atom is -0.463 e. The number of fused-ring (bicyclic) bond motifs is 1. The Morgan fingerprint density at radius 1 is 1.19 bits per heavy atom. The molecule has 3 heterocycles. The number of hydrogen-bond donors (Lipinski definition) is 0. The van der Waals surface area contributed by atoms with Gasteiger partial charge in [0.2, 0.25) is 0 Å². The van der Waals surface area contributed by atoms with Crippen LogP contribution in [-0.4, -0.2) is 14.6 Å². The number of rotatable bonds is 1. The number of furan rings is 1. The Hall–Kier alpha value is -1.52. The average Bonchev–Trinajstić information content (AvgIpc) is 2.87. The van der Waals surface area contributed by atoms with Gasteiger partial charge in [-0.2, -0.15) is 5.10 Å². The fourth-order valence-corrected chi connectivity index (χ4v) is 1.85. The van der Waals surface area contributed by atoms with E-state index in [1.807, 2.05) is 0 Å². The molecular weight excluding hydrogens is 249 g/mol. The van der Waals surface area contributed by atoms with Crippen LogP contribution in [0.5, 0.6) is 0 Å². The van der Waals surface area contributed by atoms with Gasteiger partial charge in [-0.15, -0.1) is 0 Å². The minimum absolute atomic E-state index is 0.359. The molecule has 0 N–H and O–H groups in total. The van der Waals surface area contributed by atoms with Crippen LogP contribution in [0.25, 0.3) is 17.1 Å². The predicted molar refractivity (Wildman–Crippen MR) is 60.7 cm³/mol. The van der Waals surface area contributed by atoms with Gasteiger partial charge in [-0.3, -0.25) is 0 Å². The van der Waals surface area contributed by atoms with Crippen LogP contribution in [0.1, 0.15) is 0 Å². The molecule has 3 aromatic heterocycles. The number of halogens is 2. The van der Waals surface area contributed by atoms with E-state index in [1.54, 1.807) is 30.5 Å². The Morgan fingerprint density at radius 2 is 2.06 bits per heavy atom. The molecule has 0 spiro atoms. The third-order valence-electron chi connectivity index (χ3n) is 2.14. The van der Waals surface area contributed by atoms with E-state index in [1.165, 1.54) is 4.52 Å². The molecule has 0 radical (unpaired) electrons. The van der Waals surface area contributed by atoms with Crippen molar-refractivity contribution >= 4 is 28.8 Å². The molecule has 80 valence electrons. The molecule has 0 aliphatic carbocycles. The molecule has 0 unspecified atom stereocenters. The van der Waals surface area contributed by atoms with Crippen LogP contribution in [0.4, 0.5) is 0 Å². The van der Waals surface area contributed by atoms with Gasteiger partial charge in [-0.25, -0.2) is 9.50 Å². The van der Waals surface area contributed by atoms with Gasteiger partial charge in [0.05, 0.1) is 6.26 Å². The van der Waals surface area contributed by atoms with Crippen LogP contribution < -0.4 is 0 Å². The molecule has 0 fully saturated rings. The summed E-state index contributed by atoms with van der Waals surface area (Å²) in [5.41, 5.74) is 1.18. The summed E-state index contributed by atoms with van der Waals surface area (Å²) in [7, 11) is 0. The van der Waals surface area contributed by atoms with Crippen molar-refractivity contribution in [3.05, 3.63) is 40.8 Å². The second-order valence-corrected chi connectivity index (χ2v) is 3.90. The predicted octanol–water partition coefficient (Wildman–Crippen LogP) is 3.30. The molecule has 0 atom stereocenters. The van der Waals surface area contributed by atoms with Gasteiger partial charge >= 0.3 is 0 Å². The van der Waals surface area contributed by atoms with E-state index in [4.69, 9.17) is 27.6 Å². The first-order chi connectivity index (χ1) is 7.75. The summed E-state index contributed by atoms with van der Waals surface area (Å²) in [6.07, 6.45) is 1.57. The summed E-state index contributed by atoms with van der Waals surface area (Å²) in [5.74, 6) is 0.603. The lowest BCUT2D eigenvalue weighted by molar-refractivity contribution is 0.580. The Labute approximate surface area is 100 Å². The van der Waals surface area contributed by atoms with Gasteiger partial charge in [-0.05, 0) is 24.3 Å². The molecule has 0 saturated heterocycles. The standard InChI is InChI=1S/C10H5Cl2N3O/c11-7-3-4-8-13-9(6-2-1-5-16-6)10(12)15(8)14-7/h1-5H. The Balaban J connectivity index is 2.32. The SMILES string of the molecule is Clc1ccc2nc(-c3ccco3)c(Cl)n2n1. The van der Waals surface area contributed by atoms with Gasteiger partial charge in [0.15, 0.2) is 16.6 Å². The molecule has 0 bridgehead atoms. The number of imidazole rings is 1. The number of aromatic nitrogens is 3. The highest BCUT2D eigenvalue weighted by Crippen LogP contribution is 2.28. The van der Waals surface area contributed by atoms with Crippen LogP contribution in [0.3, 0.4) is 0 Å². The van der Waals surface area contributed by atoms with Crippen molar-refractivity contribution in [2.24, 2.45) is 0 Å². The van der Waals surface area contributed by atoms with Gasteiger partial charge < -0.3 is 4.42 Å². The third-order valence-corrected chi connectivity index (χ3v) is 2.69. The Bertz CT molecular complexity index is 645. The van der Waals surface area contributed by atoms with Gasteiger partial charge in [0.1, 0.15) is 10.8 Å². The molecule has 0 saturated carbocycles. The van der Waals surface area contributed by atoms with Crippen molar-refractivity contribution in [1.29, 1.82) is 0 Å². The van der Waals surface area contributed by atoms with Crippen molar-refractivity contribution in [3.8, 4) is 11.5 Å². The lowest BCUT2D eigenvalue weighted by Crippen LogP contribution is -1.90. The van der Waals surface area contributed by atoms with Crippen molar-refractivity contribution < 1.29 is 4.42 Å². The second-order valence-electron chi connectivity index (χ2n) is 3.15. The normalized spacial score (nSPS) is 11.1. The highest BCUT2D eigenvalue weighted by molar-refractivity contribution is 6.32. The molecule has 0 amide bonds. The summed E-state index contributed by atoms with van der Waals surface area (Å²) < 4.78 is 6.71. The van der Waals surface area contributed by atoms with Crippen LogP contribution in [0.2, 0.25) is 10.3 Å². The van der Waals surface area contributed by atoms with Crippen molar-refractivity contribution in [1.82, 2.24) is 14.6 Å². The van der Waals surface area contributed by atoms with Crippen LogP contribution >= 0.6 is 23.2 Å². The molecule has 3 aromatic rings. The van der Waals surface area contributed by atoms with E-state index < -0.39 is 0 Å². The van der Waals surface area contributed by atoms with E-state index in [9.17, 15) is 0 Å². The summed E-state index contributed by atoms with van der Waals surface area (Å²) in [6.45, 7) is 0. The summed E-state index contributed by atoms with van der Waals surface area (Å²) >= 11 is 11.9. The largest absolute Gasteiger partial charge is 0.463 e. The maximum absolute atomic E-state index is 6.14. The van der Waals surface area contributed by atoms with Gasteiger partial charge in [0, 0.05) is 0 Å². The Morgan fingerprint density at radius 3 is 2.81 bits per heavy atom. The summed E-state index contributed by atoms with van der Waals surface area (Å²) in [4.78, 5) is 4.31. The van der Waals surface area contributed by atoms with Crippen molar-refractivity contribution in [3.63, 3.8) is 0 Å². The quantitative estimate of drug-likeness (QED) is 0.669. The number of nitrogens with zero attached hydrogens (tertiary/aromatic N) is 3. The topological polar surface area (TPSA) is 43.3 Å². The molecule has 3 rings (SSSR count). The maximum Gasteiger partial charge on any atom is 0.162 e. The van der Waals surface area contributed by atoms with Gasteiger partial charge in [-0.1, -0.05) is 23.2 Å². The van der Waals surface area contributed by atoms with E-state index >= 15 is 0 Å². The molecule has 4 nitrogen and oxygen atoms in total. The van der Waals surface area contributed by atoms with E-state index in [0.29, 0.717) is 27.4 Å². The molecule has 0 aliphatic heterocycles. The Kier molecular flexibility index (Phi) is 2.12. The smallest absolute Gasteiger partial charge is 0.162 e. The zero-order valence-electron chi connectivity index (χ0n) is 7.89. The zero-order chi connectivity index (χ0) is 11.1. The fourth-order valence-electron chi connectivity index (χ4n) is 1.45. The van der Waals surface area contributed by atoms with E-state index in [0.717, 1.165) is 0 Å². The van der Waals surface area contributed by atoms with Crippen LogP contribution in [0.15, 0.2) is 34.9 Å². The molecule has 0 aliphatic rings. The van der Waals surface area contributed by atoms with E-state index in [2.05, 4.69) is 10.1 Å². The zero-order valence-corrected chi connectivity index (χ0v) is 9.40. The first-order valence-electron chi connectivity index (χ1n) is 4.50. The van der Waals surface area contributed by atoms with Crippen LogP contribution in [0, 0.1) is 0 Å². The first kappa shape index (κ1) is 9.69. The highest BCUT2D eigenvalue weighted by atomic mass is 35.5. The van der Waals surface area contributed by atoms with E-state index in [-0.39, 0.29) is 0 Å². The molecule has 0 aromatic carbocycles. The highest BCUT2D eigenvalue weighted by Gasteiger charge is 2.15. The van der Waals surface area contributed by atoms with Crippen molar-refractivity contribution in [2.45, 2.75) is 0 Å². The molecular formula is C10H5Cl2N3O. The maximum atomic E-state index is 6.14. The van der Waals surface area contributed by atoms with Crippen molar-refractivity contribution in [2.75, 3.05) is 0 Å². The first-order valence-corrected chi connectivity index (χ1v) is 5.26. The number of hydrogen-bond acceptors (Lipinski definition) is 3. The monoisotopic (exact) mass is 253 g/mol. The second kappa shape index (κ2) is 3.50. The minimum atomic E-state index is 0.359. The lowest BCUT2D eigenvalue weighted by atomic mass is 10.4. The average molecular weight is 254 g/mol. The fraction of sp³-hybridized carbons (Fsp3) is 0.